The summed E-state index contributed by atoms with van der Waals surface area (Å²) in [4.78, 5) is 2.53. The van der Waals surface area contributed by atoms with E-state index < -0.39 is 0 Å². The van der Waals surface area contributed by atoms with Crippen LogP contribution >= 0.6 is 23.1 Å². The summed E-state index contributed by atoms with van der Waals surface area (Å²) < 4.78 is 0. The molecule has 0 aliphatic carbocycles. The van der Waals surface area contributed by atoms with Crippen LogP contribution in [0.25, 0.3) is 0 Å². The minimum atomic E-state index is 0.684. The van der Waals surface area contributed by atoms with Gasteiger partial charge in [-0.15, -0.1) is 21.5 Å². The van der Waals surface area contributed by atoms with E-state index in [1.54, 1.807) is 11.3 Å². The lowest BCUT2D eigenvalue weighted by molar-refractivity contribution is 0.212. The van der Waals surface area contributed by atoms with Crippen LogP contribution in [0, 0.1) is 6.92 Å². The molecule has 2 rings (SSSR count). The molecule has 1 aromatic rings. The highest BCUT2D eigenvalue weighted by Crippen LogP contribution is 2.19. The maximum atomic E-state index is 4.19. The Morgan fingerprint density at radius 2 is 2.27 bits per heavy atom. The highest BCUT2D eigenvalue weighted by atomic mass is 32.2. The van der Waals surface area contributed by atoms with Crippen molar-refractivity contribution in [3.63, 3.8) is 0 Å². The molecule has 84 valence electrons. The molecule has 1 unspecified atom stereocenters. The molecule has 1 saturated heterocycles. The van der Waals surface area contributed by atoms with Gasteiger partial charge >= 0.3 is 0 Å². The second-order valence-electron chi connectivity index (χ2n) is 3.94. The molecule has 0 N–H and O–H groups in total. The highest BCUT2D eigenvalue weighted by Gasteiger charge is 2.18. The van der Waals surface area contributed by atoms with E-state index in [1.165, 1.54) is 24.5 Å². The van der Waals surface area contributed by atoms with E-state index in [0.717, 1.165) is 16.6 Å². The second kappa shape index (κ2) is 5.27. The molecule has 15 heavy (non-hydrogen) atoms. The normalized spacial score (nSPS) is 24.0. The summed E-state index contributed by atoms with van der Waals surface area (Å²) in [6.07, 6.45) is 1.29. The summed E-state index contributed by atoms with van der Waals surface area (Å²) in [6.45, 7) is 6.50. The van der Waals surface area contributed by atoms with Crippen LogP contribution in [0.15, 0.2) is 0 Å². The zero-order chi connectivity index (χ0) is 10.7. The Balaban J connectivity index is 1.97. The van der Waals surface area contributed by atoms with Crippen LogP contribution in [0.1, 0.15) is 23.4 Å². The van der Waals surface area contributed by atoms with Crippen molar-refractivity contribution in [2.75, 3.05) is 18.1 Å². The highest BCUT2D eigenvalue weighted by molar-refractivity contribution is 7.99. The fourth-order valence-corrected chi connectivity index (χ4v) is 3.56. The summed E-state index contributed by atoms with van der Waals surface area (Å²) in [6, 6.07) is 0.684. The van der Waals surface area contributed by atoms with Gasteiger partial charge in [0.1, 0.15) is 10.0 Å². The Bertz CT molecular complexity index is 313. The van der Waals surface area contributed by atoms with Crippen LogP contribution in [0.4, 0.5) is 0 Å². The predicted molar refractivity (Wildman–Crippen MR) is 66.5 cm³/mol. The van der Waals surface area contributed by atoms with Crippen molar-refractivity contribution in [3.05, 3.63) is 10.0 Å². The molecule has 1 aliphatic heterocycles. The quantitative estimate of drug-likeness (QED) is 0.796. The SMILES string of the molecule is Cc1nnc(CN2CCSCCC2C)s1. The number of aromatic nitrogens is 2. The Hall–Kier alpha value is -0.130. The Labute approximate surface area is 99.3 Å². The number of thioether (sulfide) groups is 1. The molecular weight excluding hydrogens is 226 g/mol. The van der Waals surface area contributed by atoms with Gasteiger partial charge in [-0.25, -0.2) is 0 Å². The van der Waals surface area contributed by atoms with E-state index in [-0.39, 0.29) is 0 Å². The van der Waals surface area contributed by atoms with Gasteiger partial charge in [0.25, 0.3) is 0 Å². The molecule has 0 saturated carbocycles. The largest absolute Gasteiger partial charge is 0.293 e. The Morgan fingerprint density at radius 3 is 3.00 bits per heavy atom. The van der Waals surface area contributed by atoms with E-state index in [0.29, 0.717) is 6.04 Å². The van der Waals surface area contributed by atoms with E-state index >= 15 is 0 Å². The molecule has 0 spiro atoms. The third-order valence-electron chi connectivity index (χ3n) is 2.73. The number of aryl methyl sites for hydroxylation is 1. The van der Waals surface area contributed by atoms with Crippen molar-refractivity contribution >= 4 is 23.1 Å². The van der Waals surface area contributed by atoms with Gasteiger partial charge < -0.3 is 0 Å². The first-order valence-electron chi connectivity index (χ1n) is 5.36. The first-order chi connectivity index (χ1) is 7.25. The molecule has 0 bridgehead atoms. The van der Waals surface area contributed by atoms with Crippen LogP contribution < -0.4 is 0 Å². The van der Waals surface area contributed by atoms with Gasteiger partial charge in [0.15, 0.2) is 0 Å². The first-order valence-corrected chi connectivity index (χ1v) is 7.33. The fourth-order valence-electron chi connectivity index (χ4n) is 1.75. The standard InChI is InChI=1S/C10H17N3S2/c1-8-3-5-14-6-4-13(8)7-10-12-11-9(2)15-10/h8H,3-7H2,1-2H3. The molecule has 1 aromatic heterocycles. The summed E-state index contributed by atoms with van der Waals surface area (Å²) >= 11 is 3.78. The predicted octanol–water partition coefficient (Wildman–Crippen LogP) is 2.17. The zero-order valence-electron chi connectivity index (χ0n) is 9.27. The summed E-state index contributed by atoms with van der Waals surface area (Å²) in [5, 5.41) is 10.5. The monoisotopic (exact) mass is 243 g/mol. The van der Waals surface area contributed by atoms with Gasteiger partial charge in [0, 0.05) is 18.3 Å². The van der Waals surface area contributed by atoms with Crippen LogP contribution in [0.2, 0.25) is 0 Å². The third-order valence-corrected chi connectivity index (χ3v) is 4.55. The zero-order valence-corrected chi connectivity index (χ0v) is 10.9. The lowest BCUT2D eigenvalue weighted by Crippen LogP contribution is -2.33. The van der Waals surface area contributed by atoms with Gasteiger partial charge in [-0.3, -0.25) is 4.90 Å². The minimum Gasteiger partial charge on any atom is -0.293 e. The van der Waals surface area contributed by atoms with Gasteiger partial charge in [-0.1, -0.05) is 0 Å². The molecule has 1 aliphatic rings. The number of hydrogen-bond acceptors (Lipinski definition) is 5. The lowest BCUT2D eigenvalue weighted by atomic mass is 10.2. The van der Waals surface area contributed by atoms with Crippen molar-refractivity contribution < 1.29 is 0 Å². The van der Waals surface area contributed by atoms with Crippen molar-refractivity contribution in [2.45, 2.75) is 32.9 Å². The van der Waals surface area contributed by atoms with E-state index in [2.05, 4.69) is 33.8 Å². The van der Waals surface area contributed by atoms with Gasteiger partial charge in [-0.05, 0) is 26.0 Å². The maximum absolute atomic E-state index is 4.19. The number of hydrogen-bond donors (Lipinski definition) is 0. The molecule has 3 nitrogen and oxygen atoms in total. The number of rotatable bonds is 2. The van der Waals surface area contributed by atoms with Crippen molar-refractivity contribution in [3.8, 4) is 0 Å². The van der Waals surface area contributed by atoms with E-state index in [4.69, 9.17) is 0 Å². The molecule has 0 aromatic carbocycles. The van der Waals surface area contributed by atoms with E-state index in [9.17, 15) is 0 Å². The van der Waals surface area contributed by atoms with Gasteiger partial charge in [0.05, 0.1) is 6.54 Å². The lowest BCUT2D eigenvalue weighted by Gasteiger charge is -2.24. The summed E-state index contributed by atoms with van der Waals surface area (Å²) in [5.41, 5.74) is 0. The van der Waals surface area contributed by atoms with Crippen molar-refractivity contribution in [1.82, 2.24) is 15.1 Å². The number of nitrogens with zero attached hydrogens (tertiary/aromatic N) is 3. The van der Waals surface area contributed by atoms with Gasteiger partial charge in [0.2, 0.25) is 0 Å². The molecule has 0 amide bonds. The smallest absolute Gasteiger partial charge is 0.131 e. The van der Waals surface area contributed by atoms with Crippen molar-refractivity contribution in [2.24, 2.45) is 0 Å². The fraction of sp³-hybridized carbons (Fsp3) is 0.800. The average Bonchev–Trinajstić information content (AvgIpc) is 2.50. The summed E-state index contributed by atoms with van der Waals surface area (Å²) in [7, 11) is 0. The molecule has 5 heteroatoms. The molecule has 0 radical (unpaired) electrons. The molecular formula is C10H17N3S2. The first kappa shape index (κ1) is 11.4. The van der Waals surface area contributed by atoms with Crippen LogP contribution in [-0.4, -0.2) is 39.2 Å². The van der Waals surface area contributed by atoms with Crippen LogP contribution in [-0.2, 0) is 6.54 Å². The molecule has 1 atom stereocenters. The van der Waals surface area contributed by atoms with E-state index in [1.807, 2.05) is 6.92 Å². The Morgan fingerprint density at radius 1 is 1.40 bits per heavy atom. The Kier molecular flexibility index (Phi) is 3.99. The minimum absolute atomic E-state index is 0.684. The average molecular weight is 243 g/mol. The van der Waals surface area contributed by atoms with Crippen LogP contribution in [0.3, 0.4) is 0 Å². The topological polar surface area (TPSA) is 29.0 Å². The molecule has 2 heterocycles. The third kappa shape index (κ3) is 3.16. The van der Waals surface area contributed by atoms with Crippen molar-refractivity contribution in [1.29, 1.82) is 0 Å². The molecule has 1 fully saturated rings. The summed E-state index contributed by atoms with van der Waals surface area (Å²) in [5.74, 6) is 2.55. The van der Waals surface area contributed by atoms with Crippen LogP contribution in [0.5, 0.6) is 0 Å². The second-order valence-corrected chi connectivity index (χ2v) is 6.43. The van der Waals surface area contributed by atoms with Gasteiger partial charge in [-0.2, -0.15) is 11.8 Å². The maximum Gasteiger partial charge on any atom is 0.131 e.